The van der Waals surface area contributed by atoms with Gasteiger partial charge in [0.1, 0.15) is 11.3 Å². The van der Waals surface area contributed by atoms with E-state index in [4.69, 9.17) is 16.0 Å². The number of rotatable bonds is 2. The SMILES string of the molecule is O=Cc1c(/C=C/F)oc2cc(Cl)ccc12. The highest BCUT2D eigenvalue weighted by atomic mass is 35.5. The maximum atomic E-state index is 12.0. The Labute approximate surface area is 89.9 Å². The van der Waals surface area contributed by atoms with Gasteiger partial charge in [-0.15, -0.1) is 0 Å². The fourth-order valence-corrected chi connectivity index (χ4v) is 1.57. The number of carbonyl (C=O) groups is 1. The van der Waals surface area contributed by atoms with E-state index >= 15 is 0 Å². The van der Waals surface area contributed by atoms with Crippen LogP contribution in [0.4, 0.5) is 4.39 Å². The molecule has 1 heterocycles. The van der Waals surface area contributed by atoms with E-state index < -0.39 is 0 Å². The van der Waals surface area contributed by atoms with Gasteiger partial charge in [-0.1, -0.05) is 11.6 Å². The number of benzene rings is 1. The van der Waals surface area contributed by atoms with Crippen molar-refractivity contribution < 1.29 is 13.6 Å². The van der Waals surface area contributed by atoms with Crippen LogP contribution in [0.15, 0.2) is 28.9 Å². The lowest BCUT2D eigenvalue weighted by atomic mass is 10.1. The molecule has 2 aromatic rings. The Morgan fingerprint density at radius 3 is 2.87 bits per heavy atom. The van der Waals surface area contributed by atoms with Gasteiger partial charge in [0.25, 0.3) is 0 Å². The summed E-state index contributed by atoms with van der Waals surface area (Å²) in [6.45, 7) is 0. The lowest BCUT2D eigenvalue weighted by Gasteiger charge is -1.88. The van der Waals surface area contributed by atoms with Gasteiger partial charge in [-0.05, 0) is 12.1 Å². The Kier molecular flexibility index (Phi) is 2.56. The third kappa shape index (κ3) is 1.66. The number of halogens is 2. The van der Waals surface area contributed by atoms with Crippen LogP contribution in [0.5, 0.6) is 0 Å². The summed E-state index contributed by atoms with van der Waals surface area (Å²) in [5, 5.41) is 1.13. The fourth-order valence-electron chi connectivity index (χ4n) is 1.41. The van der Waals surface area contributed by atoms with E-state index in [-0.39, 0.29) is 5.76 Å². The third-order valence-corrected chi connectivity index (χ3v) is 2.29. The summed E-state index contributed by atoms with van der Waals surface area (Å²) < 4.78 is 17.3. The molecule has 76 valence electrons. The van der Waals surface area contributed by atoms with E-state index in [9.17, 15) is 9.18 Å². The second-order valence-electron chi connectivity index (χ2n) is 2.93. The van der Waals surface area contributed by atoms with Gasteiger partial charge in [-0.3, -0.25) is 4.79 Å². The van der Waals surface area contributed by atoms with Crippen molar-refractivity contribution in [3.63, 3.8) is 0 Å². The maximum Gasteiger partial charge on any atom is 0.154 e. The number of hydrogen-bond donors (Lipinski definition) is 0. The molecule has 0 aliphatic heterocycles. The molecule has 1 aromatic carbocycles. The zero-order valence-corrected chi connectivity index (χ0v) is 8.29. The first kappa shape index (κ1) is 9.93. The summed E-state index contributed by atoms with van der Waals surface area (Å²) in [5.41, 5.74) is 0.799. The molecular formula is C11H6ClFO2. The molecule has 0 aliphatic carbocycles. The first-order chi connectivity index (χ1) is 7.26. The van der Waals surface area contributed by atoms with Crippen LogP contribution < -0.4 is 0 Å². The van der Waals surface area contributed by atoms with Crippen LogP contribution in [0.3, 0.4) is 0 Å². The van der Waals surface area contributed by atoms with Crippen molar-refractivity contribution in [2.45, 2.75) is 0 Å². The zero-order valence-electron chi connectivity index (χ0n) is 7.54. The standard InChI is InChI=1S/C11H6ClFO2/c12-7-1-2-8-9(6-14)10(3-4-13)15-11(8)5-7/h1-6H/b4-3+. The number of aldehydes is 1. The molecule has 0 saturated carbocycles. The molecule has 4 heteroatoms. The van der Waals surface area contributed by atoms with Crippen LogP contribution in [-0.4, -0.2) is 6.29 Å². The number of hydrogen-bond acceptors (Lipinski definition) is 2. The Balaban J connectivity index is 2.78. The van der Waals surface area contributed by atoms with E-state index in [2.05, 4.69) is 0 Å². The molecule has 0 fully saturated rings. The maximum absolute atomic E-state index is 12.0. The van der Waals surface area contributed by atoms with Gasteiger partial charge >= 0.3 is 0 Å². The van der Waals surface area contributed by atoms with E-state index in [1.165, 1.54) is 0 Å². The van der Waals surface area contributed by atoms with E-state index in [0.717, 1.165) is 6.08 Å². The summed E-state index contributed by atoms with van der Waals surface area (Å²) in [6.07, 6.45) is 2.05. The minimum Gasteiger partial charge on any atom is -0.456 e. The zero-order chi connectivity index (χ0) is 10.8. The lowest BCUT2D eigenvalue weighted by Crippen LogP contribution is -1.78. The summed E-state index contributed by atoms with van der Waals surface area (Å²) in [6, 6.07) is 4.90. The van der Waals surface area contributed by atoms with Gasteiger partial charge in [0.2, 0.25) is 0 Å². The first-order valence-electron chi connectivity index (χ1n) is 4.20. The van der Waals surface area contributed by atoms with Crippen LogP contribution in [-0.2, 0) is 0 Å². The monoisotopic (exact) mass is 224 g/mol. The predicted molar refractivity (Wildman–Crippen MR) is 56.8 cm³/mol. The highest BCUT2D eigenvalue weighted by molar-refractivity contribution is 6.31. The molecule has 1 aromatic heterocycles. The minimum absolute atomic E-state index is 0.199. The van der Waals surface area contributed by atoms with E-state index in [1.807, 2.05) is 0 Å². The normalized spacial score (nSPS) is 11.3. The van der Waals surface area contributed by atoms with Crippen LogP contribution in [0, 0.1) is 0 Å². The summed E-state index contributed by atoms with van der Waals surface area (Å²) in [4.78, 5) is 10.8. The van der Waals surface area contributed by atoms with Gasteiger partial charge in [0.15, 0.2) is 6.29 Å². The van der Waals surface area contributed by atoms with Crippen molar-refractivity contribution in [1.82, 2.24) is 0 Å². The van der Waals surface area contributed by atoms with Crippen LogP contribution in [0.2, 0.25) is 5.02 Å². The molecule has 0 bridgehead atoms. The van der Waals surface area contributed by atoms with Crippen molar-refractivity contribution in [1.29, 1.82) is 0 Å². The largest absolute Gasteiger partial charge is 0.456 e. The molecule has 0 spiro atoms. The molecular weight excluding hydrogens is 219 g/mol. The molecule has 2 nitrogen and oxygen atoms in total. The van der Waals surface area contributed by atoms with Crippen molar-refractivity contribution >= 4 is 34.9 Å². The van der Waals surface area contributed by atoms with Crippen molar-refractivity contribution in [2.75, 3.05) is 0 Å². The number of furan rings is 1. The van der Waals surface area contributed by atoms with Gasteiger partial charge in [0, 0.05) is 22.6 Å². The topological polar surface area (TPSA) is 30.2 Å². The lowest BCUT2D eigenvalue weighted by molar-refractivity contribution is 0.112. The Hall–Kier alpha value is -1.61. The molecule has 0 amide bonds. The Bertz CT molecular complexity index is 543. The van der Waals surface area contributed by atoms with Crippen LogP contribution >= 0.6 is 11.6 Å². The highest BCUT2D eigenvalue weighted by Gasteiger charge is 2.11. The quantitative estimate of drug-likeness (QED) is 0.726. The molecule has 0 N–H and O–H groups in total. The summed E-state index contributed by atoms with van der Waals surface area (Å²) in [5.74, 6) is 0.199. The summed E-state index contributed by atoms with van der Waals surface area (Å²) >= 11 is 5.76. The van der Waals surface area contributed by atoms with Crippen LogP contribution in [0.1, 0.15) is 16.1 Å². The second-order valence-corrected chi connectivity index (χ2v) is 3.37. The van der Waals surface area contributed by atoms with Gasteiger partial charge in [-0.2, -0.15) is 0 Å². The Morgan fingerprint density at radius 2 is 2.20 bits per heavy atom. The molecule has 0 saturated heterocycles. The van der Waals surface area contributed by atoms with Crippen molar-refractivity contribution in [3.8, 4) is 0 Å². The number of fused-ring (bicyclic) bond motifs is 1. The van der Waals surface area contributed by atoms with Gasteiger partial charge < -0.3 is 4.42 Å². The Morgan fingerprint density at radius 1 is 1.40 bits per heavy atom. The molecule has 0 radical (unpaired) electrons. The van der Waals surface area contributed by atoms with E-state index in [1.54, 1.807) is 18.2 Å². The number of carbonyl (C=O) groups excluding carboxylic acids is 1. The third-order valence-electron chi connectivity index (χ3n) is 2.05. The van der Waals surface area contributed by atoms with Gasteiger partial charge in [-0.25, -0.2) is 4.39 Å². The molecule has 15 heavy (non-hydrogen) atoms. The predicted octanol–water partition coefficient (Wildman–Crippen LogP) is 3.84. The fraction of sp³-hybridized carbons (Fsp3) is 0. The molecule has 0 unspecified atom stereocenters. The average molecular weight is 225 g/mol. The van der Waals surface area contributed by atoms with Gasteiger partial charge in [0.05, 0.1) is 11.9 Å². The average Bonchev–Trinajstić information content (AvgIpc) is 2.54. The smallest absolute Gasteiger partial charge is 0.154 e. The van der Waals surface area contributed by atoms with Crippen molar-refractivity contribution in [3.05, 3.63) is 40.9 Å². The molecule has 0 aliphatic rings. The van der Waals surface area contributed by atoms with E-state index in [0.29, 0.717) is 34.2 Å². The molecule has 0 atom stereocenters. The van der Waals surface area contributed by atoms with Crippen molar-refractivity contribution in [2.24, 2.45) is 0 Å². The highest BCUT2D eigenvalue weighted by Crippen LogP contribution is 2.27. The first-order valence-corrected chi connectivity index (χ1v) is 4.58. The molecule has 2 rings (SSSR count). The summed E-state index contributed by atoms with van der Waals surface area (Å²) in [7, 11) is 0. The minimum atomic E-state index is 0.199. The second kappa shape index (κ2) is 3.87. The van der Waals surface area contributed by atoms with Crippen LogP contribution in [0.25, 0.3) is 17.0 Å².